The van der Waals surface area contributed by atoms with Crippen molar-refractivity contribution in [3.05, 3.63) is 0 Å². The zero-order valence-corrected chi connectivity index (χ0v) is 37.5. The minimum atomic E-state index is -0.0113. The first kappa shape index (κ1) is 52.6. The molecule has 0 bridgehead atoms. The van der Waals surface area contributed by atoms with Gasteiger partial charge in [-0.25, -0.2) is 0 Å². The van der Waals surface area contributed by atoms with Crippen LogP contribution in [0, 0.1) is 11.8 Å². The molecule has 0 unspecified atom stereocenters. The number of carbonyl (C=O) groups excluding carboxylic acids is 2. The lowest BCUT2D eigenvalue weighted by Gasteiger charge is -2.21. The normalized spacial score (nSPS) is 11.5. The van der Waals surface area contributed by atoms with Crippen molar-refractivity contribution in [3.8, 4) is 0 Å². The van der Waals surface area contributed by atoms with Gasteiger partial charge in [0.2, 0.25) is 0 Å². The fourth-order valence-corrected chi connectivity index (χ4v) is 7.83. The Balaban J connectivity index is 4.22. The molecule has 54 heavy (non-hydrogen) atoms. The summed E-state index contributed by atoms with van der Waals surface area (Å²) in [6.45, 7) is 13.3. The average molecular weight is 781 g/mol. The zero-order valence-electron chi connectivity index (χ0n) is 36.7. The van der Waals surface area contributed by atoms with Crippen LogP contribution in [0.4, 0.5) is 0 Å². The number of ether oxygens (including phenoxy) is 2. The van der Waals surface area contributed by atoms with Gasteiger partial charge in [0.1, 0.15) is 0 Å². The van der Waals surface area contributed by atoms with E-state index in [9.17, 15) is 9.59 Å². The van der Waals surface area contributed by atoms with Crippen LogP contribution in [0.3, 0.4) is 0 Å². The smallest absolute Gasteiger partial charge is 0.305 e. The van der Waals surface area contributed by atoms with E-state index in [0.29, 0.717) is 43.9 Å². The summed E-state index contributed by atoms with van der Waals surface area (Å²) in [5.74, 6) is 1.40. The van der Waals surface area contributed by atoms with E-state index >= 15 is 0 Å². The second kappa shape index (κ2) is 41.3. The monoisotopic (exact) mass is 781 g/mol. The van der Waals surface area contributed by atoms with Gasteiger partial charge in [0, 0.05) is 25.4 Å². The second-order valence-corrected chi connectivity index (χ2v) is 16.9. The summed E-state index contributed by atoms with van der Waals surface area (Å²) >= 11 is 5.59. The predicted octanol–water partition coefficient (Wildman–Crippen LogP) is 14.1. The number of esters is 2. The molecule has 0 atom stereocenters. The van der Waals surface area contributed by atoms with E-state index in [1.807, 2.05) is 0 Å². The van der Waals surface area contributed by atoms with E-state index in [2.05, 4.69) is 45.3 Å². The Morgan fingerprint density at radius 1 is 0.444 bits per heavy atom. The topological polar surface area (TPSA) is 76.7 Å². The van der Waals surface area contributed by atoms with Gasteiger partial charge in [-0.3, -0.25) is 9.59 Å². The Kier molecular flexibility index (Phi) is 40.2. The number of rotatable bonds is 41. The molecule has 0 aliphatic rings. The van der Waals surface area contributed by atoms with Gasteiger partial charge < -0.3 is 20.1 Å². The molecule has 0 fully saturated rings. The van der Waals surface area contributed by atoms with E-state index < -0.39 is 0 Å². The molecule has 0 aliphatic carbocycles. The molecule has 0 saturated heterocycles. The standard InChI is InChI=1S/C47H92N2O4S/c1-6-11-21-29-42(30-22-12-7-2)37-40-52-45(50)35-27-19-15-17-25-33-44(49-47(54)48-39-10-5)34-26-18-16-20-28-36-46(51)53-41-38-43(31-23-13-8-3)32-24-14-9-4/h42-44H,6-41H2,1-5H3,(H2,48,49,54). The lowest BCUT2D eigenvalue weighted by atomic mass is 9.92. The molecule has 0 aromatic rings. The predicted molar refractivity (Wildman–Crippen MR) is 237 cm³/mol. The van der Waals surface area contributed by atoms with E-state index in [-0.39, 0.29) is 11.9 Å². The molecular weight excluding hydrogens is 689 g/mol. The quantitative estimate of drug-likeness (QED) is 0.0363. The molecule has 0 aliphatic heterocycles. The first-order valence-electron chi connectivity index (χ1n) is 23.7. The van der Waals surface area contributed by atoms with Crippen LogP contribution in [-0.4, -0.2) is 42.9 Å². The van der Waals surface area contributed by atoms with Gasteiger partial charge in [-0.2, -0.15) is 0 Å². The van der Waals surface area contributed by atoms with Crippen LogP contribution in [0.5, 0.6) is 0 Å². The van der Waals surface area contributed by atoms with Gasteiger partial charge in [-0.15, -0.1) is 0 Å². The van der Waals surface area contributed by atoms with Crippen molar-refractivity contribution in [3.63, 3.8) is 0 Å². The van der Waals surface area contributed by atoms with E-state index in [1.165, 1.54) is 128 Å². The fraction of sp³-hybridized carbons (Fsp3) is 0.936. The highest BCUT2D eigenvalue weighted by molar-refractivity contribution is 7.80. The van der Waals surface area contributed by atoms with Crippen molar-refractivity contribution < 1.29 is 19.1 Å². The fourth-order valence-electron chi connectivity index (χ4n) is 7.57. The van der Waals surface area contributed by atoms with Gasteiger partial charge in [0.15, 0.2) is 5.11 Å². The first-order chi connectivity index (χ1) is 26.4. The SMILES string of the molecule is CCCCCC(CCCCC)CCOC(=O)CCCCCCCC(CCCCCCCC(=O)OCCC(CCCCC)CCCCC)NC(=S)NCCC. The van der Waals surface area contributed by atoms with Crippen LogP contribution in [-0.2, 0) is 19.1 Å². The summed E-state index contributed by atoms with van der Waals surface area (Å²) in [5.41, 5.74) is 0. The maximum atomic E-state index is 12.4. The third-order valence-corrected chi connectivity index (χ3v) is 11.4. The minimum Gasteiger partial charge on any atom is -0.466 e. The van der Waals surface area contributed by atoms with Crippen molar-refractivity contribution in [1.82, 2.24) is 10.6 Å². The van der Waals surface area contributed by atoms with Crippen LogP contribution < -0.4 is 10.6 Å². The number of nitrogens with one attached hydrogen (secondary N) is 2. The summed E-state index contributed by atoms with van der Waals surface area (Å²) < 4.78 is 11.3. The Labute approximate surface area is 342 Å². The van der Waals surface area contributed by atoms with E-state index in [4.69, 9.17) is 21.7 Å². The van der Waals surface area contributed by atoms with Crippen molar-refractivity contribution >= 4 is 29.3 Å². The highest BCUT2D eigenvalue weighted by atomic mass is 32.1. The third kappa shape index (κ3) is 36.3. The molecule has 0 rings (SSSR count). The molecule has 6 nitrogen and oxygen atoms in total. The van der Waals surface area contributed by atoms with Gasteiger partial charge in [-0.05, 0) is 69.0 Å². The maximum Gasteiger partial charge on any atom is 0.305 e. The van der Waals surface area contributed by atoms with Crippen LogP contribution >= 0.6 is 12.2 Å². The van der Waals surface area contributed by atoms with Crippen molar-refractivity contribution in [2.45, 2.75) is 253 Å². The molecule has 2 N–H and O–H groups in total. The minimum absolute atomic E-state index is 0.0113. The number of thiocarbonyl (C=S) groups is 1. The summed E-state index contributed by atoms with van der Waals surface area (Å²) in [6, 6.07) is 0.396. The van der Waals surface area contributed by atoms with Crippen LogP contribution in [0.1, 0.15) is 247 Å². The van der Waals surface area contributed by atoms with Gasteiger partial charge >= 0.3 is 11.9 Å². The highest BCUT2D eigenvalue weighted by Gasteiger charge is 2.13. The summed E-state index contributed by atoms with van der Waals surface area (Å²) in [4.78, 5) is 24.7. The third-order valence-electron chi connectivity index (χ3n) is 11.2. The van der Waals surface area contributed by atoms with E-state index in [1.54, 1.807) is 0 Å². The average Bonchev–Trinajstić information content (AvgIpc) is 3.16. The van der Waals surface area contributed by atoms with E-state index in [0.717, 1.165) is 82.3 Å². The lowest BCUT2D eigenvalue weighted by molar-refractivity contribution is -0.145. The zero-order chi connectivity index (χ0) is 39.7. The molecule has 0 saturated carbocycles. The Bertz CT molecular complexity index is 765. The molecule has 7 heteroatoms. The Morgan fingerprint density at radius 2 is 0.796 bits per heavy atom. The summed E-state index contributed by atoms with van der Waals surface area (Å²) in [6.07, 6.45) is 38.2. The summed E-state index contributed by atoms with van der Waals surface area (Å²) in [5, 5.41) is 7.71. The van der Waals surface area contributed by atoms with Crippen LogP contribution in [0.15, 0.2) is 0 Å². The number of unbranched alkanes of at least 4 members (excludes halogenated alkanes) is 16. The number of hydrogen-bond donors (Lipinski definition) is 2. The van der Waals surface area contributed by atoms with Crippen molar-refractivity contribution in [2.75, 3.05) is 19.8 Å². The highest BCUT2D eigenvalue weighted by Crippen LogP contribution is 2.23. The molecule has 0 aromatic carbocycles. The van der Waals surface area contributed by atoms with Crippen molar-refractivity contribution in [1.29, 1.82) is 0 Å². The van der Waals surface area contributed by atoms with Crippen LogP contribution in [0.25, 0.3) is 0 Å². The Hall–Kier alpha value is -1.37. The lowest BCUT2D eigenvalue weighted by Crippen LogP contribution is -2.42. The Morgan fingerprint density at radius 3 is 1.17 bits per heavy atom. The summed E-state index contributed by atoms with van der Waals surface area (Å²) in [7, 11) is 0. The molecule has 0 amide bonds. The van der Waals surface area contributed by atoms with Crippen molar-refractivity contribution in [2.24, 2.45) is 11.8 Å². The molecule has 0 heterocycles. The number of carbonyl (C=O) groups is 2. The van der Waals surface area contributed by atoms with Gasteiger partial charge in [0.25, 0.3) is 0 Å². The van der Waals surface area contributed by atoms with Gasteiger partial charge in [-0.1, -0.05) is 189 Å². The molecule has 0 aromatic heterocycles. The largest absolute Gasteiger partial charge is 0.466 e. The molecule has 320 valence electrons. The van der Waals surface area contributed by atoms with Crippen LogP contribution in [0.2, 0.25) is 0 Å². The molecule has 0 radical (unpaired) electrons. The molecular formula is C47H92N2O4S. The first-order valence-corrected chi connectivity index (χ1v) is 24.2. The molecule has 0 spiro atoms. The second-order valence-electron chi connectivity index (χ2n) is 16.4. The van der Waals surface area contributed by atoms with Gasteiger partial charge in [0.05, 0.1) is 13.2 Å². The maximum absolute atomic E-state index is 12.4. The number of hydrogen-bond acceptors (Lipinski definition) is 5.